The smallest absolute Gasteiger partial charge is 0.216 e. The molecule has 0 amide bonds. The fraction of sp³-hybridized carbons (Fsp3) is 0.200. The van der Waals surface area contributed by atoms with Crippen LogP contribution in [0.2, 0.25) is 10.0 Å². The summed E-state index contributed by atoms with van der Waals surface area (Å²) < 4.78 is 5.11. The third-order valence-electron chi connectivity index (χ3n) is 2.07. The van der Waals surface area contributed by atoms with E-state index in [-0.39, 0.29) is 0 Å². The molecule has 0 aliphatic carbocycles. The van der Waals surface area contributed by atoms with Gasteiger partial charge in [0.1, 0.15) is 5.52 Å². The average molecular weight is 243 g/mol. The highest BCUT2D eigenvalue weighted by molar-refractivity contribution is 6.44. The van der Waals surface area contributed by atoms with E-state index in [1.54, 1.807) is 7.11 Å². The summed E-state index contributed by atoms with van der Waals surface area (Å²) in [6.45, 7) is 1.90. The molecule has 2 rings (SSSR count). The molecule has 0 aromatic carbocycles. The van der Waals surface area contributed by atoms with Crippen LogP contribution in [0.5, 0.6) is 5.88 Å². The van der Waals surface area contributed by atoms with Gasteiger partial charge >= 0.3 is 0 Å². The van der Waals surface area contributed by atoms with Crippen LogP contribution >= 0.6 is 23.2 Å². The van der Waals surface area contributed by atoms with E-state index in [4.69, 9.17) is 27.9 Å². The van der Waals surface area contributed by atoms with Crippen molar-refractivity contribution >= 4 is 34.2 Å². The summed E-state index contributed by atoms with van der Waals surface area (Å²) in [6, 6.07) is 1.86. The van der Waals surface area contributed by atoms with Crippen LogP contribution in [0.25, 0.3) is 11.0 Å². The Balaban J connectivity index is 2.82. The number of fused-ring (bicyclic) bond motifs is 1. The normalized spacial score (nSPS) is 10.7. The van der Waals surface area contributed by atoms with Gasteiger partial charge in [0.15, 0.2) is 0 Å². The van der Waals surface area contributed by atoms with Crippen LogP contribution in [0.1, 0.15) is 5.56 Å². The molecule has 0 aliphatic rings. The van der Waals surface area contributed by atoms with Crippen molar-refractivity contribution < 1.29 is 4.74 Å². The molecule has 0 N–H and O–H groups in total. The van der Waals surface area contributed by atoms with E-state index >= 15 is 0 Å². The number of hydrogen-bond donors (Lipinski definition) is 0. The molecule has 0 saturated carbocycles. The van der Waals surface area contributed by atoms with Crippen molar-refractivity contribution in [2.75, 3.05) is 7.11 Å². The molecule has 2 aromatic rings. The highest BCUT2D eigenvalue weighted by Crippen LogP contribution is 2.30. The first-order valence-corrected chi connectivity index (χ1v) is 5.04. The zero-order chi connectivity index (χ0) is 11.0. The fourth-order valence-electron chi connectivity index (χ4n) is 1.34. The Kier molecular flexibility index (Phi) is 2.67. The van der Waals surface area contributed by atoms with Crippen molar-refractivity contribution in [1.82, 2.24) is 9.97 Å². The monoisotopic (exact) mass is 242 g/mol. The van der Waals surface area contributed by atoms with E-state index in [0.29, 0.717) is 27.0 Å². The Morgan fingerprint density at radius 1 is 1.33 bits per heavy atom. The first-order valence-electron chi connectivity index (χ1n) is 4.29. The minimum atomic E-state index is 0.391. The summed E-state index contributed by atoms with van der Waals surface area (Å²) in [5.74, 6) is 0.536. The fourth-order valence-corrected chi connectivity index (χ4v) is 1.67. The van der Waals surface area contributed by atoms with Crippen molar-refractivity contribution in [2.45, 2.75) is 6.92 Å². The van der Waals surface area contributed by atoms with Gasteiger partial charge in [-0.25, -0.2) is 4.98 Å². The number of halogens is 2. The van der Waals surface area contributed by atoms with Gasteiger partial charge in [-0.1, -0.05) is 23.2 Å². The Morgan fingerprint density at radius 2 is 2.07 bits per heavy atom. The molecular weight excluding hydrogens is 235 g/mol. The molecule has 2 heterocycles. The summed E-state index contributed by atoms with van der Waals surface area (Å²) in [7, 11) is 1.56. The lowest BCUT2D eigenvalue weighted by Gasteiger charge is -2.06. The Labute approximate surface area is 97.0 Å². The van der Waals surface area contributed by atoms with Gasteiger partial charge in [0.25, 0.3) is 0 Å². The topological polar surface area (TPSA) is 35.0 Å². The summed E-state index contributed by atoms with van der Waals surface area (Å²) in [5.41, 5.74) is 2.19. The molecule has 5 heteroatoms. The van der Waals surface area contributed by atoms with Crippen molar-refractivity contribution in [3.63, 3.8) is 0 Å². The molecule has 0 radical (unpaired) electrons. The largest absolute Gasteiger partial charge is 0.481 e. The molecular formula is C10H8Cl2N2O. The molecule has 0 saturated heterocycles. The molecule has 15 heavy (non-hydrogen) atoms. The number of methoxy groups -OCH3 is 1. The van der Waals surface area contributed by atoms with E-state index in [1.807, 2.05) is 13.0 Å². The van der Waals surface area contributed by atoms with Crippen molar-refractivity contribution in [1.29, 1.82) is 0 Å². The maximum absolute atomic E-state index is 6.02. The zero-order valence-electron chi connectivity index (χ0n) is 8.21. The third kappa shape index (κ3) is 1.73. The van der Waals surface area contributed by atoms with Gasteiger partial charge in [0, 0.05) is 11.8 Å². The minimum Gasteiger partial charge on any atom is -0.481 e. The van der Waals surface area contributed by atoms with Crippen LogP contribution in [0.3, 0.4) is 0 Å². The Hall–Kier alpha value is -1.06. The molecule has 78 valence electrons. The number of hydrogen-bond acceptors (Lipinski definition) is 3. The van der Waals surface area contributed by atoms with E-state index in [2.05, 4.69) is 9.97 Å². The molecule has 0 spiro atoms. The second kappa shape index (κ2) is 3.83. The Morgan fingerprint density at radius 3 is 2.73 bits per heavy atom. The Bertz CT molecular complexity index is 528. The van der Waals surface area contributed by atoms with Crippen LogP contribution in [-0.4, -0.2) is 17.1 Å². The molecule has 0 fully saturated rings. The van der Waals surface area contributed by atoms with Crippen molar-refractivity contribution in [3.05, 3.63) is 27.9 Å². The molecule has 2 aromatic heterocycles. The summed E-state index contributed by atoms with van der Waals surface area (Å²) >= 11 is 11.9. The number of nitrogens with zero attached hydrogens (tertiary/aromatic N) is 2. The number of aryl methyl sites for hydroxylation is 1. The minimum absolute atomic E-state index is 0.391. The number of rotatable bonds is 1. The van der Waals surface area contributed by atoms with Gasteiger partial charge in [0.2, 0.25) is 5.88 Å². The van der Waals surface area contributed by atoms with Gasteiger partial charge in [-0.05, 0) is 13.0 Å². The van der Waals surface area contributed by atoms with Crippen LogP contribution in [0.15, 0.2) is 12.3 Å². The van der Waals surface area contributed by atoms with Gasteiger partial charge in [0.05, 0.1) is 22.7 Å². The van der Waals surface area contributed by atoms with Crippen molar-refractivity contribution in [2.24, 2.45) is 0 Å². The first-order chi connectivity index (χ1) is 7.13. The quantitative estimate of drug-likeness (QED) is 0.771. The van der Waals surface area contributed by atoms with Crippen LogP contribution in [-0.2, 0) is 0 Å². The lowest BCUT2D eigenvalue weighted by Crippen LogP contribution is -1.94. The number of ether oxygens (including phenoxy) is 1. The third-order valence-corrected chi connectivity index (χ3v) is 2.84. The maximum atomic E-state index is 6.02. The lowest BCUT2D eigenvalue weighted by molar-refractivity contribution is 0.396. The standard InChI is InChI=1S/C10H8Cl2N2O/c1-5-3-7-9(14-10(5)15-2)8(12)6(11)4-13-7/h3-4H,1-2H3. The molecule has 3 nitrogen and oxygen atoms in total. The second-order valence-corrected chi connectivity index (χ2v) is 3.89. The SMILES string of the molecule is COc1nc2c(Cl)c(Cl)cnc2cc1C. The van der Waals surface area contributed by atoms with Gasteiger partial charge in [-0.2, -0.15) is 0 Å². The molecule has 0 aliphatic heterocycles. The van der Waals surface area contributed by atoms with Crippen LogP contribution in [0, 0.1) is 6.92 Å². The van der Waals surface area contributed by atoms with Crippen LogP contribution < -0.4 is 4.74 Å². The highest BCUT2D eigenvalue weighted by Gasteiger charge is 2.10. The first kappa shape index (κ1) is 10.5. The van der Waals surface area contributed by atoms with Crippen molar-refractivity contribution in [3.8, 4) is 5.88 Å². The van der Waals surface area contributed by atoms with Crippen LogP contribution in [0.4, 0.5) is 0 Å². The van der Waals surface area contributed by atoms with E-state index in [9.17, 15) is 0 Å². The van der Waals surface area contributed by atoms with E-state index in [1.165, 1.54) is 6.20 Å². The zero-order valence-corrected chi connectivity index (χ0v) is 9.73. The maximum Gasteiger partial charge on any atom is 0.216 e. The van der Waals surface area contributed by atoms with Gasteiger partial charge < -0.3 is 4.74 Å². The molecule has 0 atom stereocenters. The summed E-state index contributed by atoms with van der Waals surface area (Å²) in [5, 5.41) is 0.794. The highest BCUT2D eigenvalue weighted by atomic mass is 35.5. The lowest BCUT2D eigenvalue weighted by atomic mass is 10.2. The van der Waals surface area contributed by atoms with Gasteiger partial charge in [-0.15, -0.1) is 0 Å². The molecule has 0 unspecified atom stereocenters. The predicted molar refractivity (Wildman–Crippen MR) is 60.8 cm³/mol. The molecule has 0 bridgehead atoms. The number of pyridine rings is 2. The predicted octanol–water partition coefficient (Wildman–Crippen LogP) is 3.25. The number of aromatic nitrogens is 2. The summed E-state index contributed by atoms with van der Waals surface area (Å²) in [4.78, 5) is 8.40. The van der Waals surface area contributed by atoms with E-state index in [0.717, 1.165) is 5.56 Å². The van der Waals surface area contributed by atoms with E-state index < -0.39 is 0 Å². The summed E-state index contributed by atoms with van der Waals surface area (Å²) in [6.07, 6.45) is 1.51. The van der Waals surface area contributed by atoms with Gasteiger partial charge in [-0.3, -0.25) is 4.98 Å². The second-order valence-electron chi connectivity index (χ2n) is 3.10. The average Bonchev–Trinajstić information content (AvgIpc) is 2.23.